The number of halogens is 1. The summed E-state index contributed by atoms with van der Waals surface area (Å²) in [5.41, 5.74) is -0.477. The highest BCUT2D eigenvalue weighted by Crippen LogP contribution is 2.31. The average Bonchev–Trinajstić information content (AvgIpc) is 2.97. The Labute approximate surface area is 267 Å². The number of sulfone groups is 1. The van der Waals surface area contributed by atoms with Gasteiger partial charge in [0.15, 0.2) is 15.5 Å². The van der Waals surface area contributed by atoms with Crippen molar-refractivity contribution in [3.63, 3.8) is 0 Å². The lowest BCUT2D eigenvalue weighted by Gasteiger charge is -2.35. The Morgan fingerprint density at radius 3 is 2.31 bits per heavy atom. The number of ether oxygens (including phenoxy) is 2. The van der Waals surface area contributed by atoms with E-state index in [0.29, 0.717) is 30.7 Å². The van der Waals surface area contributed by atoms with Crippen LogP contribution in [0.15, 0.2) is 59.8 Å². The van der Waals surface area contributed by atoms with Crippen molar-refractivity contribution >= 4 is 50.9 Å². The molecule has 1 fully saturated rings. The number of rotatable bonds is 8. The van der Waals surface area contributed by atoms with E-state index in [2.05, 4.69) is 20.6 Å². The number of pyridine rings is 2. The van der Waals surface area contributed by atoms with E-state index < -0.39 is 33.3 Å². The number of anilines is 2. The van der Waals surface area contributed by atoms with Crippen LogP contribution in [-0.4, -0.2) is 72.2 Å². The topological polar surface area (TPSA) is 157 Å². The second kappa shape index (κ2) is 13.8. The highest BCUT2D eigenvalue weighted by atomic mass is 35.5. The minimum absolute atomic E-state index is 0.00990. The molecule has 12 nitrogen and oxygen atoms in total. The van der Waals surface area contributed by atoms with Gasteiger partial charge in [-0.2, -0.15) is 0 Å². The number of amides is 3. The van der Waals surface area contributed by atoms with Crippen molar-refractivity contribution in [3.05, 3.63) is 71.1 Å². The Hall–Kier alpha value is -4.23. The summed E-state index contributed by atoms with van der Waals surface area (Å²) in [6.07, 6.45) is 5.51. The summed E-state index contributed by atoms with van der Waals surface area (Å²) in [6.45, 7) is 5.43. The quantitative estimate of drug-likeness (QED) is 0.315. The molecular weight excluding hydrogens is 622 g/mol. The fraction of sp³-hybridized carbons (Fsp3) is 0.387. The van der Waals surface area contributed by atoms with Crippen LogP contribution in [-0.2, 0) is 14.6 Å². The first-order valence-electron chi connectivity index (χ1n) is 14.3. The molecule has 2 aromatic heterocycles. The minimum atomic E-state index is -3.61. The summed E-state index contributed by atoms with van der Waals surface area (Å²) >= 11 is 5.87. The third-order valence-corrected chi connectivity index (χ3v) is 8.37. The van der Waals surface area contributed by atoms with Crippen LogP contribution in [0.25, 0.3) is 0 Å². The van der Waals surface area contributed by atoms with Gasteiger partial charge in [0.25, 0.3) is 11.8 Å². The molecule has 0 radical (unpaired) electrons. The number of nitrogens with zero attached hydrogens (tertiary/aromatic N) is 3. The zero-order chi connectivity index (χ0) is 32.9. The van der Waals surface area contributed by atoms with Crippen LogP contribution in [0.2, 0.25) is 5.02 Å². The fourth-order valence-corrected chi connectivity index (χ4v) is 5.48. The molecule has 0 saturated heterocycles. The Morgan fingerprint density at radius 1 is 0.978 bits per heavy atom. The zero-order valence-corrected chi connectivity index (χ0v) is 27.2. The van der Waals surface area contributed by atoms with E-state index >= 15 is 0 Å². The first-order chi connectivity index (χ1) is 21.1. The van der Waals surface area contributed by atoms with Gasteiger partial charge in [-0.05, 0) is 88.9 Å². The van der Waals surface area contributed by atoms with Gasteiger partial charge in [-0.25, -0.2) is 23.2 Å². The molecule has 0 atom stereocenters. The fourth-order valence-electron chi connectivity index (χ4n) is 4.73. The number of carbonyl (C=O) groups excluding carboxylic acids is 3. The lowest BCUT2D eigenvalue weighted by atomic mass is 9.92. The third kappa shape index (κ3) is 9.14. The van der Waals surface area contributed by atoms with Crippen molar-refractivity contribution in [3.8, 4) is 5.75 Å². The summed E-state index contributed by atoms with van der Waals surface area (Å²) < 4.78 is 36.4. The number of nitrogens with one attached hydrogen (secondary N) is 2. The van der Waals surface area contributed by atoms with Gasteiger partial charge >= 0.3 is 6.09 Å². The molecule has 1 aliphatic carbocycles. The van der Waals surface area contributed by atoms with Crippen LogP contribution in [0.5, 0.6) is 5.75 Å². The first kappa shape index (κ1) is 33.7. The van der Waals surface area contributed by atoms with Gasteiger partial charge in [0.05, 0.1) is 27.3 Å². The highest BCUT2D eigenvalue weighted by molar-refractivity contribution is 7.90. The van der Waals surface area contributed by atoms with E-state index in [1.54, 1.807) is 24.1 Å². The van der Waals surface area contributed by atoms with Crippen molar-refractivity contribution in [2.24, 2.45) is 0 Å². The molecule has 1 aliphatic rings. The monoisotopic (exact) mass is 657 g/mol. The van der Waals surface area contributed by atoms with Crippen LogP contribution >= 0.6 is 11.6 Å². The largest absolute Gasteiger partial charge is 0.490 e. The number of hydrogen-bond acceptors (Lipinski definition) is 9. The lowest BCUT2D eigenvalue weighted by molar-refractivity contribution is 0.0138. The predicted molar refractivity (Wildman–Crippen MR) is 170 cm³/mol. The Morgan fingerprint density at radius 2 is 1.69 bits per heavy atom. The summed E-state index contributed by atoms with van der Waals surface area (Å²) in [6, 6.07) is 10.1. The van der Waals surface area contributed by atoms with E-state index in [1.807, 2.05) is 20.8 Å². The van der Waals surface area contributed by atoms with Crippen LogP contribution < -0.4 is 15.4 Å². The summed E-state index contributed by atoms with van der Waals surface area (Å²) in [5.74, 6) is -0.918. The molecule has 2 N–H and O–H groups in total. The molecule has 240 valence electrons. The average molecular weight is 658 g/mol. The molecule has 0 bridgehead atoms. The van der Waals surface area contributed by atoms with Crippen LogP contribution in [0.4, 0.5) is 16.3 Å². The minimum Gasteiger partial charge on any atom is -0.490 e. The van der Waals surface area contributed by atoms with Gasteiger partial charge in [-0.1, -0.05) is 11.6 Å². The second-order valence-electron chi connectivity index (χ2n) is 11.7. The zero-order valence-electron chi connectivity index (χ0n) is 25.7. The number of aromatic nitrogens is 2. The van der Waals surface area contributed by atoms with E-state index in [1.165, 1.54) is 42.7 Å². The van der Waals surface area contributed by atoms with E-state index in [-0.39, 0.29) is 45.6 Å². The molecule has 1 aromatic carbocycles. The van der Waals surface area contributed by atoms with Gasteiger partial charge in [0.2, 0.25) is 0 Å². The SMILES string of the molecule is CN(C(=O)OC(C)(C)C)[C@H]1CC[C@@H](Oc2cc(S(C)(=O)=O)ccc2C(=O)Nc2cccnc2C(=O)Nc2ccc(Cl)cn2)CC1. The lowest BCUT2D eigenvalue weighted by Crippen LogP contribution is -2.43. The molecule has 3 amide bonds. The van der Waals surface area contributed by atoms with Gasteiger partial charge in [-0.15, -0.1) is 0 Å². The summed E-state index contributed by atoms with van der Waals surface area (Å²) in [5, 5.41) is 5.71. The van der Waals surface area contributed by atoms with Crippen molar-refractivity contribution in [2.45, 2.75) is 69.1 Å². The van der Waals surface area contributed by atoms with Crippen molar-refractivity contribution < 1.29 is 32.3 Å². The van der Waals surface area contributed by atoms with E-state index in [9.17, 15) is 22.8 Å². The summed E-state index contributed by atoms with van der Waals surface area (Å²) in [4.78, 5) is 48.8. The maximum atomic E-state index is 13.6. The summed E-state index contributed by atoms with van der Waals surface area (Å²) in [7, 11) is -1.90. The molecule has 14 heteroatoms. The van der Waals surface area contributed by atoms with Crippen LogP contribution in [0, 0.1) is 0 Å². The molecule has 45 heavy (non-hydrogen) atoms. The maximum absolute atomic E-state index is 13.6. The first-order valence-corrected chi connectivity index (χ1v) is 16.5. The normalized spacial score (nSPS) is 16.8. The van der Waals surface area contributed by atoms with Crippen molar-refractivity contribution in [1.29, 1.82) is 0 Å². The van der Waals surface area contributed by atoms with E-state index in [4.69, 9.17) is 21.1 Å². The molecule has 4 rings (SSSR count). The molecule has 0 spiro atoms. The second-order valence-corrected chi connectivity index (χ2v) is 14.2. The van der Waals surface area contributed by atoms with Gasteiger partial charge < -0.3 is 25.0 Å². The number of benzene rings is 1. The molecule has 1 saturated carbocycles. The van der Waals surface area contributed by atoms with Gasteiger partial charge in [-0.3, -0.25) is 9.59 Å². The third-order valence-electron chi connectivity index (χ3n) is 7.03. The van der Waals surface area contributed by atoms with Crippen LogP contribution in [0.3, 0.4) is 0 Å². The van der Waals surface area contributed by atoms with Crippen LogP contribution in [0.1, 0.15) is 67.3 Å². The Bertz CT molecular complexity index is 1670. The van der Waals surface area contributed by atoms with Gasteiger partial charge in [0, 0.05) is 31.7 Å². The van der Waals surface area contributed by atoms with Gasteiger partial charge in [0.1, 0.15) is 17.2 Å². The Kier molecular flexibility index (Phi) is 10.3. The maximum Gasteiger partial charge on any atom is 0.410 e. The Balaban J connectivity index is 1.51. The smallest absolute Gasteiger partial charge is 0.410 e. The molecular formula is C31H36ClN5O7S. The molecule has 0 aliphatic heterocycles. The molecule has 3 aromatic rings. The predicted octanol–water partition coefficient (Wildman–Crippen LogP) is 5.60. The molecule has 0 unspecified atom stereocenters. The highest BCUT2D eigenvalue weighted by Gasteiger charge is 2.31. The molecule has 2 heterocycles. The standard InChI is InChI=1S/C31H36ClN5O7S/c1-31(2,3)44-30(40)37(4)20-9-11-21(12-10-20)43-25-17-22(45(5,41)42)13-14-23(25)28(38)35-24-7-6-16-33-27(24)29(39)36-26-15-8-19(32)18-34-26/h6-8,13-18,20-21H,9-12H2,1-5H3,(H,35,38)(H,34,36,39)/t20-,21+. The van der Waals surface area contributed by atoms with Crippen molar-refractivity contribution in [1.82, 2.24) is 14.9 Å². The number of carbonyl (C=O) groups is 3. The number of hydrogen-bond donors (Lipinski definition) is 2. The van der Waals surface area contributed by atoms with Crippen molar-refractivity contribution in [2.75, 3.05) is 23.9 Å². The van der Waals surface area contributed by atoms with E-state index in [0.717, 1.165) is 6.26 Å².